The van der Waals surface area contributed by atoms with E-state index in [0.29, 0.717) is 12.1 Å². The van der Waals surface area contributed by atoms with E-state index in [9.17, 15) is 4.79 Å². The van der Waals surface area contributed by atoms with Crippen LogP contribution in [-0.4, -0.2) is 23.1 Å². The normalized spacial score (nSPS) is 16.0. The van der Waals surface area contributed by atoms with Crippen molar-refractivity contribution in [1.82, 2.24) is 4.90 Å². The molecule has 0 aliphatic carbocycles. The maximum absolute atomic E-state index is 12.8. The lowest BCUT2D eigenvalue weighted by Crippen LogP contribution is -2.36. The SMILES string of the molecule is CC1=Nc2ccccc2C(=O)N([C@@H](C)c2ccccc2)C1. The minimum atomic E-state index is 0.0232. The maximum atomic E-state index is 12.8. The first-order chi connectivity index (χ1) is 10.2. The molecule has 21 heavy (non-hydrogen) atoms. The number of rotatable bonds is 2. The number of carbonyl (C=O) groups is 1. The van der Waals surface area contributed by atoms with Gasteiger partial charge in [0.15, 0.2) is 0 Å². The zero-order valence-electron chi connectivity index (χ0n) is 12.3. The van der Waals surface area contributed by atoms with Crippen LogP contribution in [0.25, 0.3) is 0 Å². The van der Waals surface area contributed by atoms with Gasteiger partial charge in [-0.15, -0.1) is 0 Å². The molecule has 2 aromatic rings. The van der Waals surface area contributed by atoms with Gasteiger partial charge in [0.2, 0.25) is 0 Å². The largest absolute Gasteiger partial charge is 0.326 e. The van der Waals surface area contributed by atoms with Crippen LogP contribution >= 0.6 is 0 Å². The molecule has 0 saturated heterocycles. The third-order valence-electron chi connectivity index (χ3n) is 3.86. The molecule has 2 aromatic carbocycles. The Hall–Kier alpha value is -2.42. The molecule has 0 saturated carbocycles. The van der Waals surface area contributed by atoms with Gasteiger partial charge in [-0.05, 0) is 31.5 Å². The number of para-hydroxylation sites is 1. The van der Waals surface area contributed by atoms with Crippen LogP contribution in [0.4, 0.5) is 5.69 Å². The molecule has 0 bridgehead atoms. The van der Waals surface area contributed by atoms with Crippen LogP contribution in [0.5, 0.6) is 0 Å². The highest BCUT2D eigenvalue weighted by molar-refractivity contribution is 6.04. The number of fused-ring (bicyclic) bond motifs is 1. The second-order valence-electron chi connectivity index (χ2n) is 5.38. The number of hydrogen-bond acceptors (Lipinski definition) is 2. The zero-order chi connectivity index (χ0) is 14.8. The fourth-order valence-corrected chi connectivity index (χ4v) is 2.69. The summed E-state index contributed by atoms with van der Waals surface area (Å²) in [6, 6.07) is 17.7. The number of nitrogens with zero attached hydrogens (tertiary/aromatic N) is 2. The third kappa shape index (κ3) is 2.59. The number of hydrogen-bond donors (Lipinski definition) is 0. The van der Waals surface area contributed by atoms with Crippen molar-refractivity contribution < 1.29 is 4.79 Å². The number of carbonyl (C=O) groups excluding carboxylic acids is 1. The van der Waals surface area contributed by atoms with Gasteiger partial charge in [-0.2, -0.15) is 0 Å². The molecule has 1 atom stereocenters. The fraction of sp³-hybridized carbons (Fsp3) is 0.222. The highest BCUT2D eigenvalue weighted by Gasteiger charge is 2.27. The minimum absolute atomic E-state index is 0.0232. The van der Waals surface area contributed by atoms with E-state index in [1.807, 2.05) is 54.3 Å². The summed E-state index contributed by atoms with van der Waals surface area (Å²) >= 11 is 0. The molecule has 3 heteroatoms. The summed E-state index contributed by atoms with van der Waals surface area (Å²) in [6.07, 6.45) is 0. The monoisotopic (exact) mass is 278 g/mol. The fourth-order valence-electron chi connectivity index (χ4n) is 2.69. The van der Waals surface area contributed by atoms with Crippen molar-refractivity contribution in [2.24, 2.45) is 4.99 Å². The molecule has 0 N–H and O–H groups in total. The van der Waals surface area contributed by atoms with E-state index in [-0.39, 0.29) is 11.9 Å². The first-order valence-corrected chi connectivity index (χ1v) is 7.16. The van der Waals surface area contributed by atoms with Crippen molar-refractivity contribution in [3.63, 3.8) is 0 Å². The van der Waals surface area contributed by atoms with E-state index in [1.54, 1.807) is 0 Å². The first kappa shape index (κ1) is 13.6. The highest BCUT2D eigenvalue weighted by Crippen LogP contribution is 2.29. The van der Waals surface area contributed by atoms with Gasteiger partial charge >= 0.3 is 0 Å². The molecule has 1 aliphatic heterocycles. The Kier molecular flexibility index (Phi) is 3.57. The highest BCUT2D eigenvalue weighted by atomic mass is 16.2. The average Bonchev–Trinajstić information content (AvgIpc) is 2.64. The summed E-state index contributed by atoms with van der Waals surface area (Å²) in [5.74, 6) is 0.0440. The van der Waals surface area contributed by atoms with E-state index < -0.39 is 0 Å². The molecule has 3 nitrogen and oxygen atoms in total. The van der Waals surface area contributed by atoms with Gasteiger partial charge < -0.3 is 4.90 Å². The molecule has 1 amide bonds. The van der Waals surface area contributed by atoms with E-state index in [4.69, 9.17) is 0 Å². The van der Waals surface area contributed by atoms with Crippen LogP contribution in [0.1, 0.15) is 35.8 Å². The van der Waals surface area contributed by atoms with Crippen molar-refractivity contribution in [2.75, 3.05) is 6.54 Å². The Balaban J connectivity index is 2.01. The lowest BCUT2D eigenvalue weighted by atomic mass is 10.1. The molecule has 1 heterocycles. The van der Waals surface area contributed by atoms with Crippen molar-refractivity contribution in [2.45, 2.75) is 19.9 Å². The summed E-state index contributed by atoms with van der Waals surface area (Å²) < 4.78 is 0. The Labute approximate surface area is 124 Å². The number of amides is 1. The molecule has 0 unspecified atom stereocenters. The molecule has 0 fully saturated rings. The molecular formula is C18H18N2O. The van der Waals surface area contributed by atoms with Crippen LogP contribution in [-0.2, 0) is 0 Å². The first-order valence-electron chi connectivity index (χ1n) is 7.16. The van der Waals surface area contributed by atoms with Crippen LogP contribution in [0.3, 0.4) is 0 Å². The van der Waals surface area contributed by atoms with Crippen LogP contribution < -0.4 is 0 Å². The minimum Gasteiger partial charge on any atom is -0.326 e. The lowest BCUT2D eigenvalue weighted by molar-refractivity contribution is 0.0725. The summed E-state index contributed by atoms with van der Waals surface area (Å²) in [7, 11) is 0. The summed E-state index contributed by atoms with van der Waals surface area (Å²) in [4.78, 5) is 19.3. The van der Waals surface area contributed by atoms with Crippen molar-refractivity contribution in [3.05, 3.63) is 65.7 Å². The Morgan fingerprint density at radius 2 is 1.71 bits per heavy atom. The molecule has 0 spiro atoms. The van der Waals surface area contributed by atoms with Crippen molar-refractivity contribution in [1.29, 1.82) is 0 Å². The Bertz CT molecular complexity index is 691. The van der Waals surface area contributed by atoms with Crippen molar-refractivity contribution >= 4 is 17.3 Å². The van der Waals surface area contributed by atoms with Gasteiger partial charge in [0, 0.05) is 5.71 Å². The van der Waals surface area contributed by atoms with Gasteiger partial charge in [0.05, 0.1) is 23.8 Å². The van der Waals surface area contributed by atoms with Gasteiger partial charge in [-0.3, -0.25) is 9.79 Å². The zero-order valence-corrected chi connectivity index (χ0v) is 12.3. The number of aliphatic imine (C=N–C) groups is 1. The number of benzene rings is 2. The van der Waals surface area contributed by atoms with E-state index in [0.717, 1.165) is 17.0 Å². The molecular weight excluding hydrogens is 260 g/mol. The predicted molar refractivity (Wildman–Crippen MR) is 85.1 cm³/mol. The van der Waals surface area contributed by atoms with Crippen LogP contribution in [0.2, 0.25) is 0 Å². The average molecular weight is 278 g/mol. The molecule has 3 rings (SSSR count). The van der Waals surface area contributed by atoms with Crippen LogP contribution in [0.15, 0.2) is 59.6 Å². The molecule has 0 aromatic heterocycles. The quantitative estimate of drug-likeness (QED) is 0.817. The summed E-state index contributed by atoms with van der Waals surface area (Å²) in [5, 5.41) is 0. The second-order valence-corrected chi connectivity index (χ2v) is 5.38. The summed E-state index contributed by atoms with van der Waals surface area (Å²) in [6.45, 7) is 4.60. The maximum Gasteiger partial charge on any atom is 0.256 e. The van der Waals surface area contributed by atoms with E-state index in [2.05, 4.69) is 24.0 Å². The molecule has 0 radical (unpaired) electrons. The van der Waals surface area contributed by atoms with Crippen molar-refractivity contribution in [3.8, 4) is 0 Å². The smallest absolute Gasteiger partial charge is 0.256 e. The lowest BCUT2D eigenvalue weighted by Gasteiger charge is -2.28. The van der Waals surface area contributed by atoms with Gasteiger partial charge in [0.25, 0.3) is 5.91 Å². The Morgan fingerprint density at radius 3 is 2.48 bits per heavy atom. The van der Waals surface area contributed by atoms with Gasteiger partial charge in [-0.25, -0.2) is 0 Å². The standard InChI is InChI=1S/C18H18N2O/c1-13-12-20(14(2)15-8-4-3-5-9-15)18(21)16-10-6-7-11-17(16)19-13/h3-11,14H,12H2,1-2H3/t14-/m0/s1. The molecule has 1 aliphatic rings. The van der Waals surface area contributed by atoms with Crippen LogP contribution in [0, 0.1) is 0 Å². The summed E-state index contributed by atoms with van der Waals surface area (Å²) in [5.41, 5.74) is 3.54. The Morgan fingerprint density at radius 1 is 1.05 bits per heavy atom. The topological polar surface area (TPSA) is 32.7 Å². The third-order valence-corrected chi connectivity index (χ3v) is 3.86. The predicted octanol–water partition coefficient (Wildman–Crippen LogP) is 4.00. The van der Waals surface area contributed by atoms with E-state index >= 15 is 0 Å². The molecule has 106 valence electrons. The van der Waals surface area contributed by atoms with Gasteiger partial charge in [-0.1, -0.05) is 42.5 Å². The second kappa shape index (κ2) is 5.52. The van der Waals surface area contributed by atoms with E-state index in [1.165, 1.54) is 0 Å². The van der Waals surface area contributed by atoms with Gasteiger partial charge in [0.1, 0.15) is 0 Å².